The minimum Gasteiger partial charge on any atom is -0.485 e. The number of piperidine rings is 1. The molecule has 0 spiro atoms. The van der Waals surface area contributed by atoms with Crippen LogP contribution in [-0.4, -0.2) is 19.1 Å². The van der Waals surface area contributed by atoms with E-state index in [2.05, 4.69) is 5.32 Å². The second-order valence-corrected chi connectivity index (χ2v) is 11.2. The van der Waals surface area contributed by atoms with E-state index < -0.39 is 11.6 Å². The van der Waals surface area contributed by atoms with Crippen molar-refractivity contribution in [3.63, 3.8) is 0 Å². The minimum atomic E-state index is -0.703. The molecule has 1 fully saturated rings. The molecular formula is C39H38NO5+. The van der Waals surface area contributed by atoms with E-state index in [4.69, 9.17) is 18.9 Å². The number of carbonyl (C=O) groups is 1. The van der Waals surface area contributed by atoms with Gasteiger partial charge in [-0.25, -0.2) is 4.79 Å². The summed E-state index contributed by atoms with van der Waals surface area (Å²) in [5, 5.41) is 2.26. The number of benzene rings is 5. The molecule has 0 aromatic heterocycles. The second kappa shape index (κ2) is 14.6. The predicted octanol–water partition coefficient (Wildman–Crippen LogP) is 6.83. The Morgan fingerprint density at radius 3 is 1.47 bits per heavy atom. The molecule has 2 N–H and O–H groups in total. The average molecular weight is 601 g/mol. The Morgan fingerprint density at radius 2 is 1.00 bits per heavy atom. The summed E-state index contributed by atoms with van der Waals surface area (Å²) in [5.74, 6) is 0.841. The van der Waals surface area contributed by atoms with Gasteiger partial charge in [0.2, 0.25) is 5.75 Å². The van der Waals surface area contributed by atoms with Gasteiger partial charge in [0.1, 0.15) is 25.4 Å². The molecule has 6 rings (SSSR count). The van der Waals surface area contributed by atoms with Crippen molar-refractivity contribution in [2.45, 2.75) is 38.3 Å². The lowest BCUT2D eigenvalue weighted by molar-refractivity contribution is -0.668. The van der Waals surface area contributed by atoms with Crippen molar-refractivity contribution in [3.05, 3.63) is 161 Å². The maximum atomic E-state index is 14.1. The smallest absolute Gasteiger partial charge is 0.339 e. The van der Waals surface area contributed by atoms with Crippen molar-refractivity contribution in [3.8, 4) is 17.2 Å². The number of esters is 1. The molecule has 6 heteroatoms. The number of hydrogen-bond acceptors (Lipinski definition) is 5. The maximum Gasteiger partial charge on any atom is 0.339 e. The minimum absolute atomic E-state index is 0.295. The van der Waals surface area contributed by atoms with Gasteiger partial charge in [0.15, 0.2) is 11.5 Å². The summed E-state index contributed by atoms with van der Waals surface area (Å²) in [4.78, 5) is 14.1. The van der Waals surface area contributed by atoms with Crippen molar-refractivity contribution in [2.75, 3.05) is 13.1 Å². The van der Waals surface area contributed by atoms with Crippen molar-refractivity contribution in [2.24, 2.45) is 0 Å². The number of rotatable bonds is 12. The maximum absolute atomic E-state index is 14.1. The molecule has 5 aromatic carbocycles. The van der Waals surface area contributed by atoms with Gasteiger partial charge in [0.05, 0.1) is 18.7 Å². The molecule has 0 radical (unpaired) electrons. The summed E-state index contributed by atoms with van der Waals surface area (Å²) < 4.78 is 25.6. The van der Waals surface area contributed by atoms with Gasteiger partial charge in [-0.05, 0) is 34.4 Å². The first-order chi connectivity index (χ1) is 22.2. The van der Waals surface area contributed by atoms with Crippen LogP contribution in [0.25, 0.3) is 0 Å². The molecule has 0 saturated carbocycles. The molecule has 1 heterocycles. The Morgan fingerprint density at radius 1 is 0.578 bits per heavy atom. The number of carbonyl (C=O) groups excluding carboxylic acids is 1. The van der Waals surface area contributed by atoms with E-state index in [9.17, 15) is 4.79 Å². The topological polar surface area (TPSA) is 70.6 Å². The van der Waals surface area contributed by atoms with Crippen LogP contribution in [0.15, 0.2) is 133 Å². The molecule has 1 aliphatic rings. The highest BCUT2D eigenvalue weighted by atomic mass is 16.6. The van der Waals surface area contributed by atoms with Crippen LogP contribution in [0.4, 0.5) is 0 Å². The summed E-state index contributed by atoms with van der Waals surface area (Å²) in [6.45, 7) is 2.66. The third kappa shape index (κ3) is 7.72. The number of nitrogens with two attached hydrogens (primary N) is 1. The van der Waals surface area contributed by atoms with Crippen molar-refractivity contribution < 1.29 is 29.1 Å². The molecule has 1 saturated heterocycles. The van der Waals surface area contributed by atoms with Crippen LogP contribution in [0.1, 0.15) is 45.5 Å². The summed E-state index contributed by atoms with van der Waals surface area (Å²) in [5.41, 5.74) is 3.64. The van der Waals surface area contributed by atoms with Crippen LogP contribution >= 0.6 is 0 Å². The quantitative estimate of drug-likeness (QED) is 0.159. The third-order valence-electron chi connectivity index (χ3n) is 8.05. The summed E-state index contributed by atoms with van der Waals surface area (Å²) in [7, 11) is 0. The van der Waals surface area contributed by atoms with Crippen molar-refractivity contribution in [1.82, 2.24) is 0 Å². The monoisotopic (exact) mass is 600 g/mol. The lowest BCUT2D eigenvalue weighted by Crippen LogP contribution is -2.87. The first-order valence-corrected chi connectivity index (χ1v) is 15.5. The molecule has 0 unspecified atom stereocenters. The highest BCUT2D eigenvalue weighted by molar-refractivity contribution is 5.91. The van der Waals surface area contributed by atoms with Gasteiger partial charge in [0.25, 0.3) is 0 Å². The average Bonchev–Trinajstić information content (AvgIpc) is 3.11. The van der Waals surface area contributed by atoms with E-state index in [-0.39, 0.29) is 0 Å². The molecule has 0 aliphatic carbocycles. The molecule has 0 amide bonds. The fourth-order valence-electron chi connectivity index (χ4n) is 5.62. The Balaban J connectivity index is 1.36. The number of ether oxygens (including phenoxy) is 4. The van der Waals surface area contributed by atoms with Crippen LogP contribution in [0.2, 0.25) is 0 Å². The number of quaternary nitrogens is 1. The van der Waals surface area contributed by atoms with E-state index in [0.717, 1.165) is 48.2 Å². The lowest BCUT2D eigenvalue weighted by Gasteiger charge is -2.36. The third-order valence-corrected chi connectivity index (χ3v) is 8.05. The molecule has 0 bridgehead atoms. The standard InChI is InChI=1S/C39H37NO5/c41-38(45-39(21-23-40-24-22-39)34-19-11-4-12-20-34)33-25-35(42-27-30-13-5-1-6-14-30)37(44-29-32-17-9-3-10-18-32)36(26-33)43-28-31-15-7-2-8-16-31/h1-20,25-26,40H,21-24,27-29H2/p+1. The summed E-state index contributed by atoms with van der Waals surface area (Å²) >= 11 is 0. The van der Waals surface area contributed by atoms with Gasteiger partial charge < -0.3 is 24.3 Å². The molecule has 45 heavy (non-hydrogen) atoms. The molecular weight excluding hydrogens is 562 g/mol. The molecule has 0 atom stereocenters. The van der Waals surface area contributed by atoms with Crippen LogP contribution < -0.4 is 19.5 Å². The molecule has 6 nitrogen and oxygen atoms in total. The van der Waals surface area contributed by atoms with Gasteiger partial charge in [-0.2, -0.15) is 0 Å². The Labute approximate surface area is 264 Å². The number of hydrogen-bond donors (Lipinski definition) is 1. The Hall–Kier alpha value is -5.07. The molecule has 1 aliphatic heterocycles. The lowest BCUT2D eigenvalue weighted by atomic mass is 9.84. The van der Waals surface area contributed by atoms with E-state index in [1.54, 1.807) is 12.1 Å². The first kappa shape index (κ1) is 30.0. The van der Waals surface area contributed by atoms with E-state index in [1.165, 1.54) is 0 Å². The fraction of sp³-hybridized carbons (Fsp3) is 0.205. The van der Waals surface area contributed by atoms with Crippen LogP contribution in [0.5, 0.6) is 17.2 Å². The zero-order valence-corrected chi connectivity index (χ0v) is 25.3. The zero-order valence-electron chi connectivity index (χ0n) is 25.3. The summed E-state index contributed by atoms with van der Waals surface area (Å²) in [6, 6.07) is 43.2. The van der Waals surface area contributed by atoms with Gasteiger partial charge in [-0.1, -0.05) is 121 Å². The van der Waals surface area contributed by atoms with Crippen LogP contribution in [0.3, 0.4) is 0 Å². The van der Waals surface area contributed by atoms with Gasteiger partial charge >= 0.3 is 5.97 Å². The summed E-state index contributed by atoms with van der Waals surface area (Å²) in [6.07, 6.45) is 1.46. The molecule has 228 valence electrons. The zero-order chi connectivity index (χ0) is 30.7. The van der Waals surface area contributed by atoms with E-state index >= 15 is 0 Å². The van der Waals surface area contributed by atoms with Crippen LogP contribution in [-0.2, 0) is 30.2 Å². The first-order valence-electron chi connectivity index (χ1n) is 15.5. The Bertz CT molecular complexity index is 1590. The van der Waals surface area contributed by atoms with Gasteiger partial charge in [-0.15, -0.1) is 0 Å². The Kier molecular flexibility index (Phi) is 9.73. The van der Waals surface area contributed by atoms with Crippen LogP contribution in [0, 0.1) is 0 Å². The van der Waals surface area contributed by atoms with Gasteiger partial charge in [-0.3, -0.25) is 0 Å². The SMILES string of the molecule is O=C(OC1(c2ccccc2)CC[NH2+]CC1)c1cc(OCc2ccccc2)c(OCc2ccccc2)c(OCc2ccccc2)c1. The van der Waals surface area contributed by atoms with E-state index in [1.807, 2.05) is 121 Å². The highest BCUT2D eigenvalue weighted by Gasteiger charge is 2.40. The highest BCUT2D eigenvalue weighted by Crippen LogP contribution is 2.42. The van der Waals surface area contributed by atoms with Gasteiger partial charge in [0, 0.05) is 12.8 Å². The fourth-order valence-corrected chi connectivity index (χ4v) is 5.62. The van der Waals surface area contributed by atoms with E-state index in [0.29, 0.717) is 42.6 Å². The predicted molar refractivity (Wildman–Crippen MR) is 173 cm³/mol. The molecule has 5 aromatic rings. The second-order valence-electron chi connectivity index (χ2n) is 11.2. The van der Waals surface area contributed by atoms with Crippen molar-refractivity contribution >= 4 is 5.97 Å². The largest absolute Gasteiger partial charge is 0.485 e. The van der Waals surface area contributed by atoms with Crippen molar-refractivity contribution in [1.29, 1.82) is 0 Å². The normalized spacial score (nSPS) is 13.9.